The van der Waals surface area contributed by atoms with E-state index in [1.54, 1.807) is 10.9 Å². The molecular formula is C25H33N5O3. The van der Waals surface area contributed by atoms with Gasteiger partial charge in [0.15, 0.2) is 12.0 Å². The first-order valence-corrected chi connectivity index (χ1v) is 12.5. The Morgan fingerprint density at radius 3 is 2.61 bits per heavy atom. The van der Waals surface area contributed by atoms with E-state index >= 15 is 0 Å². The van der Waals surface area contributed by atoms with Gasteiger partial charge in [0, 0.05) is 18.5 Å². The molecular weight excluding hydrogens is 418 g/mol. The van der Waals surface area contributed by atoms with Crippen LogP contribution in [-0.4, -0.2) is 27.6 Å². The number of carbonyl (C=O) groups is 2. The van der Waals surface area contributed by atoms with Gasteiger partial charge < -0.3 is 15.1 Å². The van der Waals surface area contributed by atoms with Gasteiger partial charge in [-0.1, -0.05) is 13.3 Å². The maximum atomic E-state index is 13.7. The summed E-state index contributed by atoms with van der Waals surface area (Å²) in [7, 11) is 0. The number of hydrogen-bond acceptors (Lipinski definition) is 5. The number of nitrogens with one attached hydrogen (secondary N) is 3. The minimum absolute atomic E-state index is 0.00870. The molecule has 8 nitrogen and oxygen atoms in total. The summed E-state index contributed by atoms with van der Waals surface area (Å²) >= 11 is 0. The van der Waals surface area contributed by atoms with Crippen molar-refractivity contribution in [2.24, 2.45) is 23.2 Å². The molecule has 2 aromatic rings. The summed E-state index contributed by atoms with van der Waals surface area (Å²) in [5, 5.41) is 14.5. The Hall–Kier alpha value is -2.61. The standard InChI is InChI=1S/C25H33N5O3/c1-2-4-18-10-22(31)28-24(26-18)30-21(11-19(29-30)20-5-3-6-33-20)27-23(32)25-12-15-7-16(13-25)9-17(8-15)14-25/h3,5-6,11,15-18,24,26H,2,4,7-10,12-14H2,1H3,(H,27,32)(H,28,31). The fourth-order valence-corrected chi connectivity index (χ4v) is 7.29. The van der Waals surface area contributed by atoms with Crippen LogP contribution >= 0.6 is 0 Å². The van der Waals surface area contributed by atoms with Crippen molar-refractivity contribution in [1.29, 1.82) is 0 Å². The summed E-state index contributed by atoms with van der Waals surface area (Å²) in [6.07, 6.45) is 10.3. The predicted molar refractivity (Wildman–Crippen MR) is 123 cm³/mol. The van der Waals surface area contributed by atoms with Crippen molar-refractivity contribution in [3.05, 3.63) is 24.5 Å². The van der Waals surface area contributed by atoms with Gasteiger partial charge in [0.2, 0.25) is 11.8 Å². The van der Waals surface area contributed by atoms with Gasteiger partial charge in [0.05, 0.1) is 11.7 Å². The van der Waals surface area contributed by atoms with Gasteiger partial charge in [0.25, 0.3) is 0 Å². The van der Waals surface area contributed by atoms with E-state index in [1.165, 1.54) is 19.3 Å². The summed E-state index contributed by atoms with van der Waals surface area (Å²) in [6, 6.07) is 5.61. The van der Waals surface area contributed by atoms with Crippen molar-refractivity contribution < 1.29 is 14.0 Å². The number of furan rings is 1. The molecule has 1 aliphatic heterocycles. The molecule has 33 heavy (non-hydrogen) atoms. The Balaban J connectivity index is 1.30. The Bertz CT molecular complexity index is 1010. The molecule has 4 saturated carbocycles. The third-order valence-corrected chi connectivity index (χ3v) is 8.28. The Morgan fingerprint density at radius 1 is 1.24 bits per heavy atom. The minimum atomic E-state index is -0.516. The molecule has 5 aliphatic rings. The summed E-state index contributed by atoms with van der Waals surface area (Å²) in [5.41, 5.74) is 0.373. The highest BCUT2D eigenvalue weighted by Gasteiger charge is 2.54. The second-order valence-electron chi connectivity index (χ2n) is 10.8. The molecule has 176 valence electrons. The van der Waals surface area contributed by atoms with E-state index in [2.05, 4.69) is 22.9 Å². The summed E-state index contributed by atoms with van der Waals surface area (Å²) in [4.78, 5) is 26.2. The molecule has 7 rings (SSSR count). The largest absolute Gasteiger partial charge is 0.463 e. The molecule has 8 heteroatoms. The summed E-state index contributed by atoms with van der Waals surface area (Å²) in [6.45, 7) is 2.11. The first-order valence-electron chi connectivity index (χ1n) is 12.5. The molecule has 3 N–H and O–H groups in total. The number of carbonyl (C=O) groups excluding carboxylic acids is 2. The third-order valence-electron chi connectivity index (χ3n) is 8.28. The van der Waals surface area contributed by atoms with Gasteiger partial charge in [-0.15, -0.1) is 0 Å². The van der Waals surface area contributed by atoms with Gasteiger partial charge in [-0.2, -0.15) is 5.10 Å². The number of rotatable bonds is 6. The normalized spacial score (nSPS) is 34.9. The second-order valence-corrected chi connectivity index (χ2v) is 10.8. The van der Waals surface area contributed by atoms with Crippen molar-refractivity contribution >= 4 is 17.6 Å². The van der Waals surface area contributed by atoms with Crippen LogP contribution in [0.15, 0.2) is 28.9 Å². The lowest BCUT2D eigenvalue weighted by Crippen LogP contribution is -2.54. The van der Waals surface area contributed by atoms with E-state index in [0.717, 1.165) is 32.1 Å². The molecule has 5 fully saturated rings. The molecule has 4 aliphatic carbocycles. The predicted octanol–water partition coefficient (Wildman–Crippen LogP) is 4.03. The van der Waals surface area contributed by atoms with Gasteiger partial charge >= 0.3 is 0 Å². The van der Waals surface area contributed by atoms with Crippen LogP contribution in [-0.2, 0) is 9.59 Å². The molecule has 2 aromatic heterocycles. The van der Waals surface area contributed by atoms with E-state index in [0.29, 0.717) is 41.4 Å². The lowest BCUT2D eigenvalue weighted by molar-refractivity contribution is -0.140. The van der Waals surface area contributed by atoms with Crippen LogP contribution in [0.4, 0.5) is 5.82 Å². The van der Waals surface area contributed by atoms with E-state index in [1.807, 2.05) is 18.2 Å². The molecule has 3 heterocycles. The fraction of sp³-hybridized carbons (Fsp3) is 0.640. The van der Waals surface area contributed by atoms with Crippen LogP contribution in [0.1, 0.15) is 71.0 Å². The fourth-order valence-electron chi connectivity index (χ4n) is 7.29. The minimum Gasteiger partial charge on any atom is -0.463 e. The second kappa shape index (κ2) is 8.01. The Morgan fingerprint density at radius 2 is 1.97 bits per heavy atom. The zero-order valence-corrected chi connectivity index (χ0v) is 19.2. The first-order chi connectivity index (χ1) is 16.0. The van der Waals surface area contributed by atoms with Crippen molar-refractivity contribution in [1.82, 2.24) is 20.4 Å². The van der Waals surface area contributed by atoms with Crippen LogP contribution < -0.4 is 16.0 Å². The van der Waals surface area contributed by atoms with Gasteiger partial charge in [-0.05, 0) is 74.8 Å². The van der Waals surface area contributed by atoms with Crippen molar-refractivity contribution in [2.45, 2.75) is 77.0 Å². The highest BCUT2D eigenvalue weighted by Crippen LogP contribution is 2.60. The van der Waals surface area contributed by atoms with Crippen molar-refractivity contribution in [3.8, 4) is 11.5 Å². The lowest BCUT2D eigenvalue weighted by atomic mass is 9.49. The van der Waals surface area contributed by atoms with Crippen LogP contribution in [0.25, 0.3) is 11.5 Å². The van der Waals surface area contributed by atoms with E-state index < -0.39 is 6.29 Å². The topological polar surface area (TPSA) is 101 Å². The molecule has 0 aromatic carbocycles. The smallest absolute Gasteiger partial charge is 0.231 e. The first kappa shape index (κ1) is 21.0. The molecule has 0 radical (unpaired) electrons. The number of anilines is 1. The number of hydrogen-bond donors (Lipinski definition) is 3. The van der Waals surface area contributed by atoms with E-state index in [4.69, 9.17) is 9.52 Å². The lowest BCUT2D eigenvalue weighted by Gasteiger charge is -2.55. The monoisotopic (exact) mass is 451 g/mol. The molecule has 2 amide bonds. The zero-order chi connectivity index (χ0) is 22.6. The van der Waals surface area contributed by atoms with Gasteiger partial charge in [-0.3, -0.25) is 14.9 Å². The molecule has 1 saturated heterocycles. The van der Waals surface area contributed by atoms with Crippen LogP contribution in [0, 0.1) is 23.2 Å². The Labute approximate surface area is 193 Å². The number of aromatic nitrogens is 2. The maximum Gasteiger partial charge on any atom is 0.231 e. The Kier molecular flexibility index (Phi) is 5.09. The van der Waals surface area contributed by atoms with E-state index in [9.17, 15) is 9.59 Å². The number of nitrogens with zero attached hydrogens (tertiary/aromatic N) is 2. The maximum absolute atomic E-state index is 13.7. The average Bonchev–Trinajstić information content (AvgIpc) is 3.42. The summed E-state index contributed by atoms with van der Waals surface area (Å²) in [5.74, 6) is 3.41. The zero-order valence-electron chi connectivity index (χ0n) is 19.2. The van der Waals surface area contributed by atoms with Crippen LogP contribution in [0.5, 0.6) is 0 Å². The third kappa shape index (κ3) is 3.78. The molecule has 0 spiro atoms. The number of amides is 2. The quantitative estimate of drug-likeness (QED) is 0.616. The van der Waals surface area contributed by atoms with Gasteiger partial charge in [0.1, 0.15) is 11.5 Å². The van der Waals surface area contributed by atoms with Gasteiger partial charge in [-0.25, -0.2) is 4.68 Å². The van der Waals surface area contributed by atoms with Crippen LogP contribution in [0.2, 0.25) is 0 Å². The van der Waals surface area contributed by atoms with Crippen LogP contribution in [0.3, 0.4) is 0 Å². The highest BCUT2D eigenvalue weighted by molar-refractivity contribution is 5.95. The summed E-state index contributed by atoms with van der Waals surface area (Å²) < 4.78 is 7.27. The van der Waals surface area contributed by atoms with Crippen molar-refractivity contribution in [2.75, 3.05) is 5.32 Å². The molecule has 2 unspecified atom stereocenters. The average molecular weight is 452 g/mol. The highest BCUT2D eigenvalue weighted by atomic mass is 16.3. The van der Waals surface area contributed by atoms with E-state index in [-0.39, 0.29) is 23.3 Å². The molecule has 4 bridgehead atoms. The van der Waals surface area contributed by atoms with Crippen molar-refractivity contribution in [3.63, 3.8) is 0 Å². The SMILES string of the molecule is CCCC1CC(=O)NC(n2nc(-c3ccco3)cc2NC(=O)C23CC4CC(CC(C4)C2)C3)N1. The molecule has 2 atom stereocenters.